The van der Waals surface area contributed by atoms with E-state index >= 15 is 0 Å². The van der Waals surface area contributed by atoms with E-state index in [1.54, 1.807) is 0 Å². The summed E-state index contributed by atoms with van der Waals surface area (Å²) < 4.78 is 36.3. The van der Waals surface area contributed by atoms with E-state index < -0.39 is 32.9 Å². The Hall–Kier alpha value is -2.85. The van der Waals surface area contributed by atoms with Crippen LogP contribution in [-0.2, 0) is 21.4 Å². The number of furan rings is 1. The van der Waals surface area contributed by atoms with E-state index in [-0.39, 0.29) is 32.8 Å². The maximum Gasteiger partial charge on any atom is 0.410 e. The van der Waals surface area contributed by atoms with Gasteiger partial charge in [0, 0.05) is 26.2 Å². The fraction of sp³-hybridized carbons (Fsp3) is 0.294. The quantitative estimate of drug-likeness (QED) is 0.819. The molecule has 1 aliphatic rings. The molecule has 1 saturated heterocycles. The Morgan fingerprint density at radius 2 is 1.70 bits per heavy atom. The number of aromatic carboxylic acids is 1. The van der Waals surface area contributed by atoms with Crippen molar-refractivity contribution >= 4 is 22.1 Å². The van der Waals surface area contributed by atoms with Crippen LogP contribution in [-0.4, -0.2) is 61.0 Å². The first-order valence-corrected chi connectivity index (χ1v) is 9.61. The zero-order chi connectivity index (χ0) is 19.4. The van der Waals surface area contributed by atoms with Crippen molar-refractivity contribution in [3.63, 3.8) is 0 Å². The minimum absolute atomic E-state index is 0.0614. The van der Waals surface area contributed by atoms with Gasteiger partial charge in [0.2, 0.25) is 10.9 Å². The third-order valence-electron chi connectivity index (χ3n) is 4.09. The molecule has 10 heteroatoms. The number of carbonyl (C=O) groups is 2. The number of ether oxygens (including phenoxy) is 1. The van der Waals surface area contributed by atoms with E-state index in [9.17, 15) is 18.0 Å². The zero-order valence-electron chi connectivity index (χ0n) is 14.3. The lowest BCUT2D eigenvalue weighted by atomic mass is 10.2. The van der Waals surface area contributed by atoms with Gasteiger partial charge in [-0.15, -0.1) is 0 Å². The van der Waals surface area contributed by atoms with Gasteiger partial charge in [0.05, 0.1) is 0 Å². The summed E-state index contributed by atoms with van der Waals surface area (Å²) in [5.41, 5.74) is 0.860. The molecule has 144 valence electrons. The van der Waals surface area contributed by atoms with E-state index in [0.717, 1.165) is 22.0 Å². The zero-order valence-corrected chi connectivity index (χ0v) is 15.1. The average molecular weight is 394 g/mol. The highest BCUT2D eigenvalue weighted by Crippen LogP contribution is 2.20. The van der Waals surface area contributed by atoms with Crippen LogP contribution in [0.25, 0.3) is 0 Å². The molecule has 3 rings (SSSR count). The van der Waals surface area contributed by atoms with Gasteiger partial charge in [-0.25, -0.2) is 18.0 Å². The molecule has 9 nitrogen and oxygen atoms in total. The number of benzene rings is 1. The number of sulfonamides is 1. The number of piperazine rings is 1. The summed E-state index contributed by atoms with van der Waals surface area (Å²) in [7, 11) is -3.95. The summed E-state index contributed by atoms with van der Waals surface area (Å²) in [6, 6.07) is 11.4. The molecule has 0 unspecified atom stereocenters. The monoisotopic (exact) mass is 394 g/mol. The normalized spacial score (nSPS) is 15.5. The second kappa shape index (κ2) is 7.80. The number of hydrogen-bond donors (Lipinski definition) is 1. The molecule has 0 spiro atoms. The molecule has 0 aliphatic carbocycles. The van der Waals surface area contributed by atoms with Crippen molar-refractivity contribution in [2.24, 2.45) is 0 Å². The average Bonchev–Trinajstić information content (AvgIpc) is 3.18. The molecular weight excluding hydrogens is 376 g/mol. The van der Waals surface area contributed by atoms with Crippen molar-refractivity contribution in [3.8, 4) is 0 Å². The summed E-state index contributed by atoms with van der Waals surface area (Å²) in [4.78, 5) is 24.4. The predicted molar refractivity (Wildman–Crippen MR) is 92.6 cm³/mol. The fourth-order valence-electron chi connectivity index (χ4n) is 2.62. The van der Waals surface area contributed by atoms with Gasteiger partial charge in [-0.1, -0.05) is 30.3 Å². The van der Waals surface area contributed by atoms with Gasteiger partial charge >= 0.3 is 12.1 Å². The fourth-order valence-corrected chi connectivity index (χ4v) is 3.96. The van der Waals surface area contributed by atoms with Crippen molar-refractivity contribution in [3.05, 3.63) is 53.8 Å². The molecule has 2 heterocycles. The summed E-state index contributed by atoms with van der Waals surface area (Å²) >= 11 is 0. The van der Waals surface area contributed by atoms with Gasteiger partial charge < -0.3 is 19.2 Å². The van der Waals surface area contributed by atoms with E-state index in [4.69, 9.17) is 14.3 Å². The summed E-state index contributed by atoms with van der Waals surface area (Å²) in [6.07, 6.45) is -0.512. The minimum Gasteiger partial charge on any atom is -0.475 e. The Morgan fingerprint density at radius 1 is 1.04 bits per heavy atom. The first kappa shape index (κ1) is 18.9. The minimum atomic E-state index is -3.95. The molecule has 1 aromatic carbocycles. The molecule has 0 bridgehead atoms. The van der Waals surface area contributed by atoms with Crippen LogP contribution in [0.15, 0.2) is 52.0 Å². The highest BCUT2D eigenvalue weighted by Gasteiger charge is 2.33. The highest BCUT2D eigenvalue weighted by molar-refractivity contribution is 7.89. The summed E-state index contributed by atoms with van der Waals surface area (Å²) in [6.45, 7) is 0.596. The van der Waals surface area contributed by atoms with E-state index in [1.165, 1.54) is 4.90 Å². The Labute approximate surface area is 155 Å². The van der Waals surface area contributed by atoms with Crippen molar-refractivity contribution in [1.29, 1.82) is 0 Å². The Kier molecular flexibility index (Phi) is 5.47. The van der Waals surface area contributed by atoms with Crippen LogP contribution in [0.5, 0.6) is 0 Å². The van der Waals surface area contributed by atoms with Gasteiger partial charge in [0.15, 0.2) is 0 Å². The number of carboxylic acids is 1. The van der Waals surface area contributed by atoms with Gasteiger partial charge in [0.25, 0.3) is 10.0 Å². The largest absolute Gasteiger partial charge is 0.475 e. The van der Waals surface area contributed by atoms with Gasteiger partial charge in [-0.2, -0.15) is 4.31 Å². The van der Waals surface area contributed by atoms with Crippen LogP contribution in [0.3, 0.4) is 0 Å². The van der Waals surface area contributed by atoms with Crippen LogP contribution in [0.1, 0.15) is 16.1 Å². The second-order valence-electron chi connectivity index (χ2n) is 5.86. The predicted octanol–water partition coefficient (Wildman–Crippen LogP) is 1.62. The lowest BCUT2D eigenvalue weighted by molar-refractivity contribution is 0.0654. The van der Waals surface area contributed by atoms with Crippen molar-refractivity contribution < 1.29 is 32.3 Å². The van der Waals surface area contributed by atoms with Crippen molar-refractivity contribution in [1.82, 2.24) is 9.21 Å². The third-order valence-corrected chi connectivity index (χ3v) is 5.86. The van der Waals surface area contributed by atoms with Crippen LogP contribution in [0.4, 0.5) is 4.79 Å². The molecule has 0 atom stereocenters. The lowest BCUT2D eigenvalue weighted by Gasteiger charge is -2.32. The number of hydrogen-bond acceptors (Lipinski definition) is 6. The van der Waals surface area contributed by atoms with Crippen molar-refractivity contribution in [2.75, 3.05) is 26.2 Å². The molecule has 0 radical (unpaired) electrons. The number of carbonyl (C=O) groups excluding carboxylic acids is 1. The standard InChI is InChI=1S/C17H18N2O7S/c20-16(21)14-6-7-15(26-14)27(23,24)19-10-8-18(9-11-19)17(22)25-12-13-4-2-1-3-5-13/h1-7H,8-12H2,(H,20,21). The van der Waals surface area contributed by atoms with E-state index in [0.29, 0.717) is 0 Å². The van der Waals surface area contributed by atoms with Crippen LogP contribution < -0.4 is 0 Å². The number of nitrogens with zero attached hydrogens (tertiary/aromatic N) is 2. The topological polar surface area (TPSA) is 117 Å². The van der Waals surface area contributed by atoms with Crippen LogP contribution in [0, 0.1) is 0 Å². The molecule has 1 amide bonds. The summed E-state index contributed by atoms with van der Waals surface area (Å²) in [5.74, 6) is -1.79. The molecule has 1 fully saturated rings. The van der Waals surface area contributed by atoms with Crippen LogP contribution >= 0.6 is 0 Å². The van der Waals surface area contributed by atoms with Crippen molar-refractivity contribution in [2.45, 2.75) is 11.7 Å². The molecule has 1 aromatic heterocycles. The summed E-state index contributed by atoms with van der Waals surface area (Å²) in [5, 5.41) is 8.41. The van der Waals surface area contributed by atoms with Crippen LogP contribution in [0.2, 0.25) is 0 Å². The lowest BCUT2D eigenvalue weighted by Crippen LogP contribution is -2.50. The van der Waals surface area contributed by atoms with Gasteiger partial charge in [0.1, 0.15) is 6.61 Å². The molecule has 2 aromatic rings. The number of carboxylic acid groups (broad SMARTS) is 1. The highest BCUT2D eigenvalue weighted by atomic mass is 32.2. The maximum atomic E-state index is 12.5. The van der Waals surface area contributed by atoms with Gasteiger partial charge in [-0.3, -0.25) is 0 Å². The number of amides is 1. The second-order valence-corrected chi connectivity index (χ2v) is 7.72. The smallest absolute Gasteiger partial charge is 0.410 e. The first-order valence-electron chi connectivity index (χ1n) is 8.17. The maximum absolute atomic E-state index is 12.5. The molecule has 27 heavy (non-hydrogen) atoms. The van der Waals surface area contributed by atoms with Gasteiger partial charge in [-0.05, 0) is 17.7 Å². The van der Waals surface area contributed by atoms with E-state index in [1.807, 2.05) is 30.3 Å². The first-order chi connectivity index (χ1) is 12.9. The van der Waals surface area contributed by atoms with E-state index in [2.05, 4.69) is 0 Å². The number of rotatable bonds is 5. The Balaban J connectivity index is 1.56. The Bertz CT molecular complexity index is 916. The molecule has 0 saturated carbocycles. The Morgan fingerprint density at radius 3 is 2.30 bits per heavy atom. The SMILES string of the molecule is O=C(O)c1ccc(S(=O)(=O)N2CCN(C(=O)OCc3ccccc3)CC2)o1. The third kappa shape index (κ3) is 4.29. The molecule has 1 N–H and O–H groups in total. The molecule has 1 aliphatic heterocycles. The molecular formula is C17H18N2O7S.